The number of H-pyrrole nitrogens is 1. The summed E-state index contributed by atoms with van der Waals surface area (Å²) in [5.41, 5.74) is 8.04. The molecule has 1 aromatic carbocycles. The van der Waals surface area contributed by atoms with Crippen LogP contribution in [-0.2, 0) is 0 Å². The van der Waals surface area contributed by atoms with Crippen molar-refractivity contribution in [1.29, 1.82) is 0 Å². The molecule has 2 aromatic rings. The van der Waals surface area contributed by atoms with Gasteiger partial charge in [0.1, 0.15) is 0 Å². The molecule has 1 heterocycles. The zero-order valence-electron chi connectivity index (χ0n) is 6.56. The van der Waals surface area contributed by atoms with Gasteiger partial charge in [-0.05, 0) is 19.1 Å². The molecular weight excluding hydrogens is 174 g/mol. The first-order chi connectivity index (χ1) is 5.68. The second kappa shape index (κ2) is 2.38. The Hall–Kier alpha value is -1.22. The van der Waals surface area contributed by atoms with E-state index >= 15 is 0 Å². The lowest BCUT2D eigenvalue weighted by Crippen LogP contribution is -1.85. The van der Waals surface area contributed by atoms with Gasteiger partial charge in [-0.3, -0.25) is 5.10 Å². The Bertz CT molecular complexity index is 433. The van der Waals surface area contributed by atoms with E-state index < -0.39 is 0 Å². The van der Waals surface area contributed by atoms with Crippen molar-refractivity contribution in [3.63, 3.8) is 0 Å². The van der Waals surface area contributed by atoms with Crippen LogP contribution in [0.15, 0.2) is 12.1 Å². The number of aromatic nitrogens is 2. The fourth-order valence-corrected chi connectivity index (χ4v) is 1.34. The molecule has 0 radical (unpaired) electrons. The number of nitrogens with two attached hydrogens (primary N) is 1. The number of nitrogens with zero attached hydrogens (tertiary/aromatic N) is 1. The van der Waals surface area contributed by atoms with E-state index in [1.165, 1.54) is 0 Å². The number of nitrogens with one attached hydrogen (secondary N) is 1. The molecule has 0 aliphatic heterocycles. The van der Waals surface area contributed by atoms with E-state index in [1.807, 2.05) is 13.0 Å². The van der Waals surface area contributed by atoms with Crippen LogP contribution in [0.3, 0.4) is 0 Å². The Morgan fingerprint density at radius 2 is 2.25 bits per heavy atom. The molecule has 3 nitrogen and oxygen atoms in total. The van der Waals surface area contributed by atoms with Crippen LogP contribution in [0.4, 0.5) is 5.69 Å². The number of nitrogen functional groups attached to an aromatic ring is 1. The van der Waals surface area contributed by atoms with E-state index in [9.17, 15) is 0 Å². The fourth-order valence-electron chi connectivity index (χ4n) is 1.18. The molecule has 0 atom stereocenters. The average Bonchev–Trinajstić information content (AvgIpc) is 2.35. The smallest absolute Gasteiger partial charge is 0.0945 e. The monoisotopic (exact) mass is 181 g/mol. The van der Waals surface area contributed by atoms with Gasteiger partial charge < -0.3 is 5.73 Å². The van der Waals surface area contributed by atoms with Gasteiger partial charge in [0, 0.05) is 11.1 Å². The minimum atomic E-state index is 0.565. The third-order valence-electron chi connectivity index (χ3n) is 1.86. The van der Waals surface area contributed by atoms with Gasteiger partial charge in [0.25, 0.3) is 0 Å². The van der Waals surface area contributed by atoms with Crippen LogP contribution in [0, 0.1) is 6.92 Å². The number of anilines is 1. The SMILES string of the molecule is Cc1[nH]nc2cc(N)c(Cl)cc12. The van der Waals surface area contributed by atoms with E-state index in [0.29, 0.717) is 10.7 Å². The molecular formula is C8H8ClN3. The van der Waals surface area contributed by atoms with Crippen molar-refractivity contribution in [2.24, 2.45) is 0 Å². The normalized spacial score (nSPS) is 10.8. The molecule has 4 heteroatoms. The Labute approximate surface area is 74.5 Å². The van der Waals surface area contributed by atoms with Gasteiger partial charge in [-0.2, -0.15) is 5.10 Å². The highest BCUT2D eigenvalue weighted by Crippen LogP contribution is 2.25. The topological polar surface area (TPSA) is 54.7 Å². The Morgan fingerprint density at radius 1 is 1.50 bits per heavy atom. The highest BCUT2D eigenvalue weighted by atomic mass is 35.5. The molecule has 0 aliphatic carbocycles. The summed E-state index contributed by atoms with van der Waals surface area (Å²) in [6.45, 7) is 1.95. The predicted molar refractivity (Wildman–Crippen MR) is 50.3 cm³/mol. The van der Waals surface area contributed by atoms with E-state index in [2.05, 4.69) is 10.2 Å². The maximum Gasteiger partial charge on any atom is 0.0945 e. The summed E-state index contributed by atoms with van der Waals surface area (Å²) < 4.78 is 0. The van der Waals surface area contributed by atoms with Gasteiger partial charge in [0.2, 0.25) is 0 Å². The molecule has 0 amide bonds. The highest BCUT2D eigenvalue weighted by Gasteiger charge is 2.04. The van der Waals surface area contributed by atoms with Gasteiger partial charge in [-0.1, -0.05) is 11.6 Å². The number of rotatable bonds is 0. The van der Waals surface area contributed by atoms with Crippen LogP contribution in [0.2, 0.25) is 5.02 Å². The van der Waals surface area contributed by atoms with Crippen LogP contribution in [0.25, 0.3) is 10.9 Å². The van der Waals surface area contributed by atoms with Crippen molar-refractivity contribution in [1.82, 2.24) is 10.2 Å². The van der Waals surface area contributed by atoms with Crippen molar-refractivity contribution in [3.05, 3.63) is 22.8 Å². The van der Waals surface area contributed by atoms with Gasteiger partial charge >= 0.3 is 0 Å². The average molecular weight is 182 g/mol. The lowest BCUT2D eigenvalue weighted by molar-refractivity contribution is 1.07. The Balaban J connectivity index is 2.87. The lowest BCUT2D eigenvalue weighted by atomic mass is 10.2. The standard InChI is InChI=1S/C8H8ClN3/c1-4-5-2-6(9)7(10)3-8(5)12-11-4/h2-3H,10H2,1H3,(H,11,12). The van der Waals surface area contributed by atoms with Gasteiger partial charge in [-0.15, -0.1) is 0 Å². The van der Waals surface area contributed by atoms with E-state index in [0.717, 1.165) is 16.6 Å². The van der Waals surface area contributed by atoms with Crippen LogP contribution in [0.5, 0.6) is 0 Å². The first-order valence-corrected chi connectivity index (χ1v) is 3.96. The van der Waals surface area contributed by atoms with Crippen LogP contribution in [-0.4, -0.2) is 10.2 Å². The second-order valence-corrected chi connectivity index (χ2v) is 3.15. The molecule has 0 aliphatic rings. The maximum absolute atomic E-state index is 5.85. The number of aryl methyl sites for hydroxylation is 1. The molecule has 62 valence electrons. The van der Waals surface area contributed by atoms with Crippen molar-refractivity contribution in [2.75, 3.05) is 5.73 Å². The third-order valence-corrected chi connectivity index (χ3v) is 2.19. The van der Waals surface area contributed by atoms with E-state index in [1.54, 1.807) is 6.07 Å². The summed E-state index contributed by atoms with van der Waals surface area (Å²) in [6.07, 6.45) is 0. The molecule has 0 saturated carbocycles. The Morgan fingerprint density at radius 3 is 3.00 bits per heavy atom. The van der Waals surface area contributed by atoms with Crippen molar-refractivity contribution < 1.29 is 0 Å². The second-order valence-electron chi connectivity index (χ2n) is 2.74. The fraction of sp³-hybridized carbons (Fsp3) is 0.125. The quantitative estimate of drug-likeness (QED) is 0.612. The number of benzene rings is 1. The first kappa shape index (κ1) is 7.43. The third kappa shape index (κ3) is 0.940. The Kier molecular flexibility index (Phi) is 1.48. The molecule has 12 heavy (non-hydrogen) atoms. The molecule has 0 spiro atoms. The molecule has 0 bridgehead atoms. The highest BCUT2D eigenvalue weighted by molar-refractivity contribution is 6.33. The summed E-state index contributed by atoms with van der Waals surface area (Å²) in [4.78, 5) is 0. The largest absolute Gasteiger partial charge is 0.397 e. The molecule has 3 N–H and O–H groups in total. The summed E-state index contributed by atoms with van der Waals surface area (Å²) in [7, 11) is 0. The van der Waals surface area contributed by atoms with Gasteiger partial charge in [-0.25, -0.2) is 0 Å². The zero-order chi connectivity index (χ0) is 8.72. The zero-order valence-corrected chi connectivity index (χ0v) is 7.31. The summed E-state index contributed by atoms with van der Waals surface area (Å²) in [5.74, 6) is 0. The molecule has 0 fully saturated rings. The maximum atomic E-state index is 5.85. The van der Waals surface area contributed by atoms with Crippen LogP contribution in [0.1, 0.15) is 5.69 Å². The van der Waals surface area contributed by atoms with Crippen molar-refractivity contribution >= 4 is 28.2 Å². The summed E-state index contributed by atoms with van der Waals surface area (Å²) >= 11 is 5.85. The van der Waals surface area contributed by atoms with E-state index in [4.69, 9.17) is 17.3 Å². The minimum absolute atomic E-state index is 0.565. The van der Waals surface area contributed by atoms with Gasteiger partial charge in [0.05, 0.1) is 16.2 Å². The number of hydrogen-bond acceptors (Lipinski definition) is 2. The minimum Gasteiger partial charge on any atom is -0.397 e. The van der Waals surface area contributed by atoms with Gasteiger partial charge in [0.15, 0.2) is 0 Å². The van der Waals surface area contributed by atoms with Crippen molar-refractivity contribution in [3.8, 4) is 0 Å². The summed E-state index contributed by atoms with van der Waals surface area (Å²) in [5, 5.41) is 8.52. The molecule has 0 saturated heterocycles. The predicted octanol–water partition coefficient (Wildman–Crippen LogP) is 2.11. The number of hydrogen-bond donors (Lipinski definition) is 2. The van der Waals surface area contributed by atoms with Crippen LogP contribution < -0.4 is 5.73 Å². The van der Waals surface area contributed by atoms with Crippen molar-refractivity contribution in [2.45, 2.75) is 6.92 Å². The number of aromatic amines is 1. The number of fused-ring (bicyclic) bond motifs is 1. The van der Waals surface area contributed by atoms with Crippen LogP contribution >= 0.6 is 11.6 Å². The summed E-state index contributed by atoms with van der Waals surface area (Å²) in [6, 6.07) is 3.59. The van der Waals surface area contributed by atoms with E-state index in [-0.39, 0.29) is 0 Å². The molecule has 2 rings (SSSR count). The lowest BCUT2D eigenvalue weighted by Gasteiger charge is -1.96. The molecule has 0 unspecified atom stereocenters. The first-order valence-electron chi connectivity index (χ1n) is 3.58. The molecule has 1 aromatic heterocycles. The number of halogens is 1.